The Morgan fingerprint density at radius 1 is 1.07 bits per heavy atom. The van der Waals surface area contributed by atoms with Crippen molar-refractivity contribution in [2.75, 3.05) is 11.9 Å². The fraction of sp³-hybridized carbons (Fsp3) is 0.174. The third-order valence-electron chi connectivity index (χ3n) is 4.63. The van der Waals surface area contributed by atoms with Gasteiger partial charge >= 0.3 is 0 Å². The van der Waals surface area contributed by atoms with Crippen LogP contribution in [-0.4, -0.2) is 28.1 Å². The Morgan fingerprint density at radius 2 is 1.76 bits per heavy atom. The highest BCUT2D eigenvalue weighted by Crippen LogP contribution is 2.20. The van der Waals surface area contributed by atoms with Crippen molar-refractivity contribution in [3.8, 4) is 5.69 Å². The number of amides is 2. The molecule has 1 aromatic heterocycles. The molecule has 2 N–H and O–H groups in total. The van der Waals surface area contributed by atoms with Crippen molar-refractivity contribution in [1.29, 1.82) is 0 Å². The van der Waals surface area contributed by atoms with Crippen molar-refractivity contribution >= 4 is 17.5 Å². The monoisotopic (exact) mass is 388 g/mol. The van der Waals surface area contributed by atoms with Gasteiger partial charge in [-0.3, -0.25) is 9.59 Å². The van der Waals surface area contributed by atoms with Crippen LogP contribution in [0.2, 0.25) is 0 Å². The molecule has 0 fully saturated rings. The SMILES string of the molecule is C=CCNC(=O)c1ccccc1NC(=O)Cc1c(C)nn(-c2ccccc2)c1C. The van der Waals surface area contributed by atoms with E-state index in [-0.39, 0.29) is 18.2 Å². The van der Waals surface area contributed by atoms with Crippen LogP contribution in [0.25, 0.3) is 5.69 Å². The molecule has 0 radical (unpaired) electrons. The Hall–Kier alpha value is -3.67. The predicted octanol–water partition coefficient (Wildman–Crippen LogP) is 3.59. The van der Waals surface area contributed by atoms with Gasteiger partial charge in [-0.25, -0.2) is 4.68 Å². The molecule has 0 unspecified atom stereocenters. The molecule has 29 heavy (non-hydrogen) atoms. The molecule has 148 valence electrons. The highest BCUT2D eigenvalue weighted by molar-refractivity contribution is 6.04. The number of nitrogens with zero attached hydrogens (tertiary/aromatic N) is 2. The second-order valence-electron chi connectivity index (χ2n) is 6.67. The number of hydrogen-bond acceptors (Lipinski definition) is 3. The standard InChI is InChI=1S/C23H24N4O2/c1-4-14-24-23(29)19-12-8-9-13-21(19)25-22(28)15-20-16(2)26-27(17(20)3)18-10-6-5-7-11-18/h4-13H,1,14-15H2,2-3H3,(H,24,29)(H,25,28). The minimum Gasteiger partial charge on any atom is -0.349 e. The molecule has 6 heteroatoms. The van der Waals surface area contributed by atoms with Crippen LogP contribution >= 0.6 is 0 Å². The van der Waals surface area contributed by atoms with E-state index >= 15 is 0 Å². The summed E-state index contributed by atoms with van der Waals surface area (Å²) in [4.78, 5) is 25.0. The first-order valence-corrected chi connectivity index (χ1v) is 9.39. The molecular formula is C23H24N4O2. The summed E-state index contributed by atoms with van der Waals surface area (Å²) in [6, 6.07) is 16.7. The molecule has 3 aromatic rings. The van der Waals surface area contributed by atoms with Crippen LogP contribution in [0.3, 0.4) is 0 Å². The molecule has 2 amide bonds. The Labute approximate surface area is 170 Å². The van der Waals surface area contributed by atoms with E-state index in [1.165, 1.54) is 0 Å². The Kier molecular flexibility index (Phi) is 6.24. The lowest BCUT2D eigenvalue weighted by Gasteiger charge is -2.11. The molecule has 0 aliphatic carbocycles. The van der Waals surface area contributed by atoms with Crippen molar-refractivity contribution in [3.05, 3.63) is 89.8 Å². The Balaban J connectivity index is 1.78. The first-order valence-electron chi connectivity index (χ1n) is 9.39. The number of aromatic nitrogens is 2. The van der Waals surface area contributed by atoms with Crippen LogP contribution in [0.5, 0.6) is 0 Å². The maximum absolute atomic E-state index is 12.7. The lowest BCUT2D eigenvalue weighted by atomic mass is 10.1. The van der Waals surface area contributed by atoms with Crippen molar-refractivity contribution < 1.29 is 9.59 Å². The summed E-state index contributed by atoms with van der Waals surface area (Å²) >= 11 is 0. The van der Waals surface area contributed by atoms with E-state index in [0.29, 0.717) is 17.8 Å². The number of anilines is 1. The summed E-state index contributed by atoms with van der Waals surface area (Å²) in [6.07, 6.45) is 1.78. The third kappa shape index (κ3) is 4.60. The number of benzene rings is 2. The number of rotatable bonds is 7. The van der Waals surface area contributed by atoms with Crippen molar-refractivity contribution in [2.24, 2.45) is 0 Å². The van der Waals surface area contributed by atoms with Gasteiger partial charge in [0.15, 0.2) is 0 Å². The maximum Gasteiger partial charge on any atom is 0.253 e. The van der Waals surface area contributed by atoms with Gasteiger partial charge in [-0.05, 0) is 38.1 Å². The van der Waals surface area contributed by atoms with Crippen molar-refractivity contribution in [3.63, 3.8) is 0 Å². The van der Waals surface area contributed by atoms with Crippen LogP contribution in [0.1, 0.15) is 27.3 Å². The van der Waals surface area contributed by atoms with Crippen molar-refractivity contribution in [1.82, 2.24) is 15.1 Å². The Morgan fingerprint density at radius 3 is 2.48 bits per heavy atom. The predicted molar refractivity (Wildman–Crippen MR) is 114 cm³/mol. The number of hydrogen-bond donors (Lipinski definition) is 2. The van der Waals surface area contributed by atoms with Gasteiger partial charge in [0.05, 0.1) is 29.1 Å². The summed E-state index contributed by atoms with van der Waals surface area (Å²) in [6.45, 7) is 7.80. The number of nitrogens with one attached hydrogen (secondary N) is 2. The third-order valence-corrected chi connectivity index (χ3v) is 4.63. The van der Waals surface area contributed by atoms with E-state index in [1.807, 2.05) is 48.9 Å². The second kappa shape index (κ2) is 9.01. The van der Waals surface area contributed by atoms with Gasteiger partial charge in [0.25, 0.3) is 5.91 Å². The molecule has 3 rings (SSSR count). The lowest BCUT2D eigenvalue weighted by Crippen LogP contribution is -2.25. The van der Waals surface area contributed by atoms with Gasteiger partial charge in [-0.15, -0.1) is 6.58 Å². The zero-order valence-electron chi connectivity index (χ0n) is 16.6. The second-order valence-corrected chi connectivity index (χ2v) is 6.67. The van der Waals surface area contributed by atoms with E-state index in [2.05, 4.69) is 22.3 Å². The first kappa shape index (κ1) is 20.1. The minimum absolute atomic E-state index is 0.174. The van der Waals surface area contributed by atoms with Crippen molar-refractivity contribution in [2.45, 2.75) is 20.3 Å². The largest absolute Gasteiger partial charge is 0.349 e. The lowest BCUT2D eigenvalue weighted by molar-refractivity contribution is -0.115. The van der Waals surface area contributed by atoms with Crippen LogP contribution in [0.4, 0.5) is 5.69 Å². The molecule has 0 saturated heterocycles. The molecule has 6 nitrogen and oxygen atoms in total. The molecule has 0 aliphatic rings. The average Bonchev–Trinajstić information content (AvgIpc) is 3.01. The van der Waals surface area contributed by atoms with E-state index in [9.17, 15) is 9.59 Å². The summed E-state index contributed by atoms with van der Waals surface area (Å²) in [5.74, 6) is -0.460. The van der Waals surface area contributed by atoms with Gasteiger partial charge in [0.2, 0.25) is 5.91 Å². The Bertz CT molecular complexity index is 1040. The van der Waals surface area contributed by atoms with Crippen LogP contribution in [0.15, 0.2) is 67.3 Å². The van der Waals surface area contributed by atoms with E-state index in [0.717, 1.165) is 22.6 Å². The molecule has 2 aromatic carbocycles. The van der Waals surface area contributed by atoms with Crippen LogP contribution in [0, 0.1) is 13.8 Å². The van der Waals surface area contributed by atoms with E-state index in [1.54, 1.807) is 30.3 Å². The van der Waals surface area contributed by atoms with Gasteiger partial charge in [0.1, 0.15) is 0 Å². The van der Waals surface area contributed by atoms with E-state index < -0.39 is 0 Å². The topological polar surface area (TPSA) is 76.0 Å². The molecular weight excluding hydrogens is 364 g/mol. The first-order chi connectivity index (χ1) is 14.0. The van der Waals surface area contributed by atoms with Gasteiger partial charge in [-0.2, -0.15) is 5.10 Å². The smallest absolute Gasteiger partial charge is 0.253 e. The van der Waals surface area contributed by atoms with E-state index in [4.69, 9.17) is 0 Å². The zero-order valence-corrected chi connectivity index (χ0v) is 16.6. The molecule has 0 aliphatic heterocycles. The highest BCUT2D eigenvalue weighted by Gasteiger charge is 2.18. The van der Waals surface area contributed by atoms with Gasteiger partial charge in [-0.1, -0.05) is 36.4 Å². The summed E-state index contributed by atoms with van der Waals surface area (Å²) in [5.41, 5.74) is 4.43. The van der Waals surface area contributed by atoms with Gasteiger partial charge < -0.3 is 10.6 Å². The molecule has 0 atom stereocenters. The normalized spacial score (nSPS) is 10.4. The fourth-order valence-electron chi connectivity index (χ4n) is 3.16. The molecule has 1 heterocycles. The summed E-state index contributed by atoms with van der Waals surface area (Å²) in [7, 11) is 0. The number of aryl methyl sites for hydroxylation is 1. The minimum atomic E-state index is -0.259. The number of para-hydroxylation sites is 2. The molecule has 0 spiro atoms. The zero-order chi connectivity index (χ0) is 20.8. The molecule has 0 bridgehead atoms. The summed E-state index contributed by atoms with van der Waals surface area (Å²) < 4.78 is 1.84. The number of carbonyl (C=O) groups excluding carboxylic acids is 2. The fourth-order valence-corrected chi connectivity index (χ4v) is 3.16. The van der Waals surface area contributed by atoms with Crippen LogP contribution in [-0.2, 0) is 11.2 Å². The quantitative estimate of drug-likeness (QED) is 0.608. The van der Waals surface area contributed by atoms with Crippen LogP contribution < -0.4 is 10.6 Å². The summed E-state index contributed by atoms with van der Waals surface area (Å²) in [5, 5.41) is 10.2. The highest BCUT2D eigenvalue weighted by atomic mass is 16.2. The van der Waals surface area contributed by atoms with Gasteiger partial charge in [0, 0.05) is 17.8 Å². The average molecular weight is 388 g/mol. The maximum atomic E-state index is 12.7. The molecule has 0 saturated carbocycles. The number of carbonyl (C=O) groups is 2.